The molecule has 3 N–H and O–H groups in total. The maximum absolute atomic E-state index is 14.8. The van der Waals surface area contributed by atoms with Crippen LogP contribution in [0.1, 0.15) is 79.2 Å². The summed E-state index contributed by atoms with van der Waals surface area (Å²) in [6, 6.07) is 33.3. The van der Waals surface area contributed by atoms with Gasteiger partial charge in [0.2, 0.25) is 11.8 Å². The SMILES string of the molecule is COc1ccc(C[C@H](CC[C@H](C)/C=C(\F)CN2CCOCC2)C(=O)N[C@@H](Cc2ccccc2)C(=O)[C@]2(C)CO2)cc1.COc1ccc(C[C@H](NC(=O)c2ccnc(OC)n2)C(=O)N[C@@H](Cc2ccccc2)C(=O)C2(C)CC2)cc1. The molecule has 3 aliphatic rings. The van der Waals surface area contributed by atoms with Crippen molar-refractivity contribution in [2.45, 2.75) is 95.9 Å². The molecule has 1 saturated carbocycles. The molecule has 1 aliphatic carbocycles. The molecule has 0 spiro atoms. The molecule has 3 fully saturated rings. The monoisotopic (exact) mass is 1080 g/mol. The van der Waals surface area contributed by atoms with Crippen molar-refractivity contribution in [2.24, 2.45) is 17.3 Å². The van der Waals surface area contributed by atoms with Gasteiger partial charge in [0.15, 0.2) is 11.6 Å². The van der Waals surface area contributed by atoms with Crippen LogP contribution in [0.15, 0.2) is 133 Å². The van der Waals surface area contributed by atoms with Crippen LogP contribution in [0, 0.1) is 17.3 Å². The van der Waals surface area contributed by atoms with Gasteiger partial charge in [0.25, 0.3) is 5.91 Å². The molecule has 2 aliphatic heterocycles. The smallest absolute Gasteiger partial charge is 0.316 e. The first kappa shape index (κ1) is 59.3. The van der Waals surface area contributed by atoms with Gasteiger partial charge in [-0.25, -0.2) is 9.37 Å². The third kappa shape index (κ3) is 18.1. The lowest BCUT2D eigenvalue weighted by Gasteiger charge is -2.26. The number of nitrogens with one attached hydrogen (secondary N) is 3. The quantitative estimate of drug-likeness (QED) is 0.0438. The predicted molar refractivity (Wildman–Crippen MR) is 297 cm³/mol. The van der Waals surface area contributed by atoms with Gasteiger partial charge in [-0.2, -0.15) is 4.98 Å². The number of rotatable bonds is 27. The number of ketones is 2. The molecule has 1 aromatic heterocycles. The highest BCUT2D eigenvalue weighted by Gasteiger charge is 2.50. The molecule has 0 bridgehead atoms. The Morgan fingerprint density at radius 1 is 0.658 bits per heavy atom. The summed E-state index contributed by atoms with van der Waals surface area (Å²) in [4.78, 5) is 77.3. The van der Waals surface area contributed by atoms with Crippen LogP contribution in [-0.4, -0.2) is 129 Å². The van der Waals surface area contributed by atoms with Gasteiger partial charge in [-0.15, -0.1) is 0 Å². The third-order valence-electron chi connectivity index (χ3n) is 14.7. The zero-order valence-electron chi connectivity index (χ0n) is 46.2. The lowest BCUT2D eigenvalue weighted by molar-refractivity contribution is -0.132. The lowest BCUT2D eigenvalue weighted by atomic mass is 9.89. The van der Waals surface area contributed by atoms with Crippen LogP contribution in [0.2, 0.25) is 0 Å². The van der Waals surface area contributed by atoms with Crippen molar-refractivity contribution < 1.29 is 52.0 Å². The van der Waals surface area contributed by atoms with E-state index in [-0.39, 0.29) is 59.8 Å². The molecule has 8 rings (SSSR count). The zero-order valence-corrected chi connectivity index (χ0v) is 46.2. The fraction of sp³-hybridized carbons (Fsp3) is 0.435. The van der Waals surface area contributed by atoms with E-state index in [1.165, 1.54) is 19.4 Å². The van der Waals surface area contributed by atoms with E-state index in [0.717, 1.165) is 53.9 Å². The molecule has 16 nitrogen and oxygen atoms in total. The number of benzene rings is 4. The van der Waals surface area contributed by atoms with E-state index in [1.807, 2.05) is 111 Å². The Morgan fingerprint density at radius 3 is 1.71 bits per heavy atom. The molecule has 0 unspecified atom stereocenters. The molecule has 4 aromatic carbocycles. The normalized spacial score (nSPS) is 18.4. The first-order valence-electron chi connectivity index (χ1n) is 27.1. The van der Waals surface area contributed by atoms with Crippen molar-refractivity contribution in [3.63, 3.8) is 0 Å². The number of morpholine rings is 1. The van der Waals surface area contributed by atoms with E-state index in [1.54, 1.807) is 39.4 Å². The molecule has 6 atom stereocenters. The van der Waals surface area contributed by atoms with E-state index >= 15 is 0 Å². The summed E-state index contributed by atoms with van der Waals surface area (Å²) < 4.78 is 41.1. The molecule has 79 heavy (non-hydrogen) atoms. The van der Waals surface area contributed by atoms with Gasteiger partial charge in [0.05, 0.1) is 59.8 Å². The highest BCUT2D eigenvalue weighted by atomic mass is 19.1. The van der Waals surface area contributed by atoms with E-state index in [9.17, 15) is 28.4 Å². The summed E-state index contributed by atoms with van der Waals surface area (Å²) >= 11 is 0. The minimum absolute atomic E-state index is 0.00441. The maximum Gasteiger partial charge on any atom is 0.316 e. The highest BCUT2D eigenvalue weighted by Crippen LogP contribution is 2.46. The highest BCUT2D eigenvalue weighted by molar-refractivity contribution is 5.99. The summed E-state index contributed by atoms with van der Waals surface area (Å²) in [5.41, 5.74) is 2.50. The summed E-state index contributed by atoms with van der Waals surface area (Å²) in [7, 11) is 4.60. The molecular formula is C62H75FN6O10. The second kappa shape index (κ2) is 28.5. The molecule has 3 heterocycles. The topological polar surface area (TPSA) is 200 Å². The molecular weight excluding hydrogens is 1010 g/mol. The minimum atomic E-state index is -0.963. The standard InChI is InChI=1S/C33H43FN2O5.C29H32N4O5/c1-24(19-28(34)22-36-15-17-40-18-16-36)9-12-27(20-26-10-13-29(39-3)14-11-26)32(38)35-30(31(37)33(2)23-41-33)21-25-7-5-4-6-8-25;1-29(14-15-29)25(34)23(17-19-7-5-4-6-8-19)31-27(36)24(18-20-9-11-21(37-2)12-10-20)32-26(35)22-13-16-30-28(33-22)38-3/h4-8,10-11,13-14,19,24,27,30H,9,12,15-18,20-23H2,1-3H3,(H,35,38);4-13,16,23-24H,14-15,17-18H2,1-3H3,(H,31,36)(H,32,35)/b28-19-;/t24-,27-,30-,33-;23-,24-/m00/s1. The van der Waals surface area contributed by atoms with E-state index in [0.29, 0.717) is 57.7 Å². The third-order valence-corrected chi connectivity index (χ3v) is 14.7. The molecule has 3 amide bonds. The fourth-order valence-corrected chi connectivity index (χ4v) is 9.41. The van der Waals surface area contributed by atoms with Crippen molar-refractivity contribution in [1.82, 2.24) is 30.8 Å². The molecule has 0 radical (unpaired) electrons. The number of nitrogens with zero attached hydrogens (tertiary/aromatic N) is 3. The molecule has 2 saturated heterocycles. The van der Waals surface area contributed by atoms with Crippen LogP contribution in [0.3, 0.4) is 0 Å². The number of methoxy groups -OCH3 is 3. The van der Waals surface area contributed by atoms with E-state index in [2.05, 4.69) is 30.8 Å². The average Bonchev–Trinajstić information content (AvgIpc) is 4.46. The number of epoxide rings is 1. The Kier molecular flexibility index (Phi) is 21.4. The molecule has 17 heteroatoms. The Bertz CT molecular complexity index is 2820. The number of halogens is 1. The fourth-order valence-electron chi connectivity index (χ4n) is 9.41. The van der Waals surface area contributed by atoms with Crippen molar-refractivity contribution in [3.05, 3.63) is 161 Å². The largest absolute Gasteiger partial charge is 0.497 e. The number of hydrogen-bond donors (Lipinski definition) is 3. The summed E-state index contributed by atoms with van der Waals surface area (Å²) in [5.74, 6) is -0.444. The summed E-state index contributed by atoms with van der Waals surface area (Å²) in [5, 5.41) is 8.81. The first-order valence-corrected chi connectivity index (χ1v) is 27.1. The van der Waals surface area contributed by atoms with Crippen molar-refractivity contribution >= 4 is 29.3 Å². The van der Waals surface area contributed by atoms with Gasteiger partial charge in [0.1, 0.15) is 34.7 Å². The Hall–Kier alpha value is -7.34. The zero-order chi connectivity index (χ0) is 56.4. The van der Waals surface area contributed by atoms with Crippen LogP contribution in [0.25, 0.3) is 0 Å². The van der Waals surface area contributed by atoms with Crippen LogP contribution < -0.4 is 30.2 Å². The number of ether oxygens (including phenoxy) is 5. The van der Waals surface area contributed by atoms with Crippen LogP contribution in [0.5, 0.6) is 17.5 Å². The second-order valence-electron chi connectivity index (χ2n) is 21.1. The predicted octanol–water partition coefficient (Wildman–Crippen LogP) is 7.47. The Labute approximate surface area is 463 Å². The van der Waals surface area contributed by atoms with Gasteiger partial charge in [0, 0.05) is 37.0 Å². The van der Waals surface area contributed by atoms with Gasteiger partial charge in [-0.1, -0.05) is 98.8 Å². The number of carbonyl (C=O) groups is 5. The Balaban J connectivity index is 0.000000229. The summed E-state index contributed by atoms with van der Waals surface area (Å²) in [6.07, 6.45) is 7.34. The molecule has 420 valence electrons. The van der Waals surface area contributed by atoms with E-state index in [4.69, 9.17) is 23.7 Å². The first-order chi connectivity index (χ1) is 38.1. The Morgan fingerprint density at radius 2 is 1.18 bits per heavy atom. The average molecular weight is 1080 g/mol. The van der Waals surface area contributed by atoms with Gasteiger partial charge >= 0.3 is 6.01 Å². The van der Waals surface area contributed by atoms with Crippen LogP contribution >= 0.6 is 0 Å². The van der Waals surface area contributed by atoms with Gasteiger partial charge in [-0.3, -0.25) is 28.9 Å². The number of carbonyl (C=O) groups excluding carboxylic acids is 5. The van der Waals surface area contributed by atoms with Crippen LogP contribution in [0.4, 0.5) is 4.39 Å². The number of allylic oxidation sites excluding steroid dienone is 1. The number of aromatic nitrogens is 2. The second-order valence-corrected chi connectivity index (χ2v) is 21.1. The van der Waals surface area contributed by atoms with Gasteiger partial charge < -0.3 is 39.6 Å². The lowest BCUT2D eigenvalue weighted by Crippen LogP contribution is -2.54. The number of hydrogen-bond acceptors (Lipinski definition) is 13. The number of Topliss-reactive ketones (excluding diaryl/α,β-unsaturated/α-hetero) is 2. The summed E-state index contributed by atoms with van der Waals surface area (Å²) in [6.45, 7) is 9.05. The van der Waals surface area contributed by atoms with Gasteiger partial charge in [-0.05, 0) is 116 Å². The maximum atomic E-state index is 14.8. The van der Waals surface area contributed by atoms with Crippen molar-refractivity contribution in [2.75, 3.05) is 60.8 Å². The minimum Gasteiger partial charge on any atom is -0.497 e. The number of amides is 3. The molecule has 5 aromatic rings. The van der Waals surface area contributed by atoms with Crippen molar-refractivity contribution in [1.29, 1.82) is 0 Å². The van der Waals surface area contributed by atoms with Crippen LogP contribution in [-0.2, 0) is 54.3 Å². The van der Waals surface area contributed by atoms with Crippen molar-refractivity contribution in [3.8, 4) is 17.5 Å². The van der Waals surface area contributed by atoms with E-state index < -0.39 is 41.0 Å².